The number of hydroxylamine groups is 1. The van der Waals surface area contributed by atoms with E-state index in [4.69, 9.17) is 9.62 Å². The fraction of sp³-hybridized carbons (Fsp3) is 0.375. The van der Waals surface area contributed by atoms with Crippen LogP contribution < -0.4 is 11.1 Å². The maximum absolute atomic E-state index is 12.0. The number of carbonyl (C=O) groups is 1. The SMILES string of the molecule is CCCC(Cc1cc2cc(C)ccc2oc1=O)C(=O)NO. The van der Waals surface area contributed by atoms with Crippen LogP contribution in [0.2, 0.25) is 0 Å². The molecule has 0 saturated heterocycles. The molecule has 1 aromatic carbocycles. The van der Waals surface area contributed by atoms with E-state index in [2.05, 4.69) is 0 Å². The second-order valence-corrected chi connectivity index (χ2v) is 5.27. The Bertz CT molecular complexity index is 705. The largest absolute Gasteiger partial charge is 0.423 e. The van der Waals surface area contributed by atoms with Gasteiger partial charge in [-0.2, -0.15) is 0 Å². The summed E-state index contributed by atoms with van der Waals surface area (Å²) in [7, 11) is 0. The fourth-order valence-electron chi connectivity index (χ4n) is 2.46. The molecule has 21 heavy (non-hydrogen) atoms. The number of amides is 1. The number of aryl methyl sites for hydroxylation is 1. The third-order valence-corrected chi connectivity index (χ3v) is 3.54. The zero-order valence-electron chi connectivity index (χ0n) is 12.2. The molecule has 0 saturated carbocycles. The van der Waals surface area contributed by atoms with Crippen molar-refractivity contribution in [1.82, 2.24) is 5.48 Å². The van der Waals surface area contributed by atoms with Gasteiger partial charge >= 0.3 is 5.63 Å². The molecule has 2 N–H and O–H groups in total. The van der Waals surface area contributed by atoms with Crippen molar-refractivity contribution in [2.45, 2.75) is 33.1 Å². The summed E-state index contributed by atoms with van der Waals surface area (Å²) >= 11 is 0. The summed E-state index contributed by atoms with van der Waals surface area (Å²) in [6.45, 7) is 3.91. The summed E-state index contributed by atoms with van der Waals surface area (Å²) in [6, 6.07) is 7.34. The Balaban J connectivity index is 2.38. The van der Waals surface area contributed by atoms with Crippen LogP contribution in [0.15, 0.2) is 33.5 Å². The molecule has 5 nitrogen and oxygen atoms in total. The van der Waals surface area contributed by atoms with Crippen molar-refractivity contribution in [3.8, 4) is 0 Å². The predicted octanol–water partition coefficient (Wildman–Crippen LogP) is 2.57. The third kappa shape index (κ3) is 3.49. The molecule has 0 bridgehead atoms. The van der Waals surface area contributed by atoms with E-state index < -0.39 is 17.5 Å². The minimum Gasteiger partial charge on any atom is -0.423 e. The molecule has 1 unspecified atom stereocenters. The van der Waals surface area contributed by atoms with Crippen LogP contribution in [0, 0.1) is 12.8 Å². The quantitative estimate of drug-likeness (QED) is 0.503. The Kier molecular flexibility index (Phi) is 4.75. The number of carbonyl (C=O) groups excluding carboxylic acids is 1. The molecule has 0 radical (unpaired) electrons. The first-order valence-corrected chi connectivity index (χ1v) is 7.02. The van der Waals surface area contributed by atoms with E-state index >= 15 is 0 Å². The van der Waals surface area contributed by atoms with Crippen molar-refractivity contribution in [2.75, 3.05) is 0 Å². The molecule has 2 rings (SSSR count). The number of nitrogens with one attached hydrogen (secondary N) is 1. The van der Waals surface area contributed by atoms with Gasteiger partial charge in [0, 0.05) is 16.9 Å². The molecule has 2 aromatic rings. The van der Waals surface area contributed by atoms with Gasteiger partial charge in [0.15, 0.2) is 0 Å². The first kappa shape index (κ1) is 15.3. The van der Waals surface area contributed by atoms with E-state index in [1.54, 1.807) is 17.6 Å². The van der Waals surface area contributed by atoms with Crippen LogP contribution in [-0.2, 0) is 11.2 Å². The van der Waals surface area contributed by atoms with E-state index in [-0.39, 0.29) is 6.42 Å². The van der Waals surface area contributed by atoms with Crippen LogP contribution >= 0.6 is 0 Å². The highest BCUT2D eigenvalue weighted by Crippen LogP contribution is 2.18. The highest BCUT2D eigenvalue weighted by atomic mass is 16.5. The van der Waals surface area contributed by atoms with Gasteiger partial charge in [0.25, 0.3) is 0 Å². The van der Waals surface area contributed by atoms with E-state index in [9.17, 15) is 9.59 Å². The van der Waals surface area contributed by atoms with E-state index in [1.807, 2.05) is 26.0 Å². The van der Waals surface area contributed by atoms with Gasteiger partial charge in [0.1, 0.15) is 5.58 Å². The van der Waals surface area contributed by atoms with Gasteiger partial charge in [-0.25, -0.2) is 10.3 Å². The molecule has 1 aromatic heterocycles. The van der Waals surface area contributed by atoms with Crippen molar-refractivity contribution in [2.24, 2.45) is 5.92 Å². The van der Waals surface area contributed by atoms with Crippen LogP contribution in [0.1, 0.15) is 30.9 Å². The van der Waals surface area contributed by atoms with Crippen LogP contribution in [0.4, 0.5) is 0 Å². The summed E-state index contributed by atoms with van der Waals surface area (Å²) in [5.74, 6) is -0.911. The zero-order valence-corrected chi connectivity index (χ0v) is 12.2. The Morgan fingerprint density at radius 3 is 2.81 bits per heavy atom. The minimum absolute atomic E-state index is 0.256. The van der Waals surface area contributed by atoms with E-state index in [0.29, 0.717) is 17.6 Å². The van der Waals surface area contributed by atoms with Gasteiger partial charge in [-0.15, -0.1) is 0 Å². The van der Waals surface area contributed by atoms with E-state index in [0.717, 1.165) is 17.4 Å². The fourth-order valence-corrected chi connectivity index (χ4v) is 2.46. The standard InChI is InChI=1S/C16H19NO4/c1-3-4-11(15(18)17-20)8-13-9-12-7-10(2)5-6-14(12)21-16(13)19/h5-7,9,11,20H,3-4,8H2,1-2H3,(H,17,18). The van der Waals surface area contributed by atoms with Crippen LogP contribution in [0.5, 0.6) is 0 Å². The summed E-state index contributed by atoms with van der Waals surface area (Å²) in [5.41, 5.74) is 3.29. The normalized spacial score (nSPS) is 12.3. The van der Waals surface area contributed by atoms with Crippen LogP contribution in [-0.4, -0.2) is 11.1 Å². The smallest absolute Gasteiger partial charge is 0.339 e. The van der Waals surface area contributed by atoms with Crippen molar-refractivity contribution in [3.05, 3.63) is 45.8 Å². The van der Waals surface area contributed by atoms with Crippen molar-refractivity contribution in [1.29, 1.82) is 0 Å². The Hall–Kier alpha value is -2.14. The number of hydrogen-bond donors (Lipinski definition) is 2. The first-order chi connectivity index (χ1) is 10.0. The first-order valence-electron chi connectivity index (χ1n) is 7.02. The molecule has 0 aliphatic rings. The maximum Gasteiger partial charge on any atom is 0.339 e. The molecule has 0 spiro atoms. The third-order valence-electron chi connectivity index (χ3n) is 3.54. The molecule has 112 valence electrons. The number of rotatable bonds is 5. The van der Waals surface area contributed by atoms with Gasteiger partial charge < -0.3 is 4.42 Å². The van der Waals surface area contributed by atoms with Gasteiger partial charge in [-0.1, -0.05) is 25.0 Å². The molecule has 0 aliphatic carbocycles. The van der Waals surface area contributed by atoms with Gasteiger partial charge in [0.05, 0.1) is 0 Å². The predicted molar refractivity (Wildman–Crippen MR) is 79.3 cm³/mol. The summed E-state index contributed by atoms with van der Waals surface area (Å²) < 4.78 is 5.29. The maximum atomic E-state index is 12.0. The highest BCUT2D eigenvalue weighted by molar-refractivity contribution is 5.79. The lowest BCUT2D eigenvalue weighted by Gasteiger charge is -2.13. The average Bonchev–Trinajstić information content (AvgIpc) is 2.47. The molecular formula is C16H19NO4. The summed E-state index contributed by atoms with van der Waals surface area (Å²) in [5, 5.41) is 9.62. The van der Waals surface area contributed by atoms with Gasteiger partial charge in [-0.05, 0) is 38.0 Å². The van der Waals surface area contributed by atoms with Gasteiger partial charge in [0.2, 0.25) is 5.91 Å². The number of benzene rings is 1. The van der Waals surface area contributed by atoms with Crippen molar-refractivity contribution in [3.63, 3.8) is 0 Å². The second kappa shape index (κ2) is 6.54. The number of hydrogen-bond acceptors (Lipinski definition) is 4. The topological polar surface area (TPSA) is 79.5 Å². The summed E-state index contributed by atoms with van der Waals surface area (Å²) in [6.07, 6.45) is 1.64. The van der Waals surface area contributed by atoms with E-state index in [1.165, 1.54) is 0 Å². The zero-order chi connectivity index (χ0) is 15.4. The monoisotopic (exact) mass is 289 g/mol. The average molecular weight is 289 g/mol. The number of fused-ring (bicyclic) bond motifs is 1. The molecule has 1 amide bonds. The molecule has 0 fully saturated rings. The molecular weight excluding hydrogens is 270 g/mol. The minimum atomic E-state index is -0.472. The Labute approximate surface area is 122 Å². The molecule has 0 aliphatic heterocycles. The van der Waals surface area contributed by atoms with Crippen LogP contribution in [0.25, 0.3) is 11.0 Å². The lowest BCUT2D eigenvalue weighted by Crippen LogP contribution is -2.30. The van der Waals surface area contributed by atoms with Crippen LogP contribution in [0.3, 0.4) is 0 Å². The van der Waals surface area contributed by atoms with Crippen molar-refractivity contribution < 1.29 is 14.4 Å². The molecule has 5 heteroatoms. The van der Waals surface area contributed by atoms with Gasteiger partial charge in [-0.3, -0.25) is 10.0 Å². The Morgan fingerprint density at radius 1 is 1.38 bits per heavy atom. The summed E-state index contributed by atoms with van der Waals surface area (Å²) in [4.78, 5) is 23.6. The molecule has 1 heterocycles. The Morgan fingerprint density at radius 2 is 2.14 bits per heavy atom. The highest BCUT2D eigenvalue weighted by Gasteiger charge is 2.20. The lowest BCUT2D eigenvalue weighted by atomic mass is 9.94. The second-order valence-electron chi connectivity index (χ2n) is 5.27. The van der Waals surface area contributed by atoms with Crippen molar-refractivity contribution >= 4 is 16.9 Å². The molecule has 1 atom stereocenters. The lowest BCUT2D eigenvalue weighted by molar-refractivity contribution is -0.133.